The molecule has 0 aromatic carbocycles. The van der Waals surface area contributed by atoms with Crippen molar-refractivity contribution in [3.05, 3.63) is 24.3 Å². The highest BCUT2D eigenvalue weighted by Gasteiger charge is 2.27. The summed E-state index contributed by atoms with van der Waals surface area (Å²) in [7, 11) is -4.32. The lowest BCUT2D eigenvalue weighted by atomic mass is 10.0. The summed E-state index contributed by atoms with van der Waals surface area (Å²) < 4.78 is 22.2. The van der Waals surface area contributed by atoms with Gasteiger partial charge in [-0.15, -0.1) is 0 Å². The minimum atomic E-state index is -4.32. The number of amides is 1. The normalized spacial score (nSPS) is 14.2. The molecule has 320 valence electrons. The van der Waals surface area contributed by atoms with Crippen molar-refractivity contribution in [2.24, 2.45) is 5.73 Å². The molecule has 0 saturated heterocycles. The van der Waals surface area contributed by atoms with Crippen molar-refractivity contribution in [1.29, 1.82) is 0 Å². The van der Waals surface area contributed by atoms with Crippen LogP contribution in [0.3, 0.4) is 0 Å². The lowest BCUT2D eigenvalue weighted by Gasteiger charge is -2.25. The van der Waals surface area contributed by atoms with Gasteiger partial charge in [0, 0.05) is 13.0 Å². The van der Waals surface area contributed by atoms with Crippen LogP contribution in [-0.2, 0) is 18.4 Å². The molecule has 9 heteroatoms. The van der Waals surface area contributed by atoms with Crippen LogP contribution < -0.4 is 11.1 Å². The van der Waals surface area contributed by atoms with Gasteiger partial charge in [0.15, 0.2) is 0 Å². The second-order valence-electron chi connectivity index (χ2n) is 15.6. The molecule has 54 heavy (non-hydrogen) atoms. The van der Waals surface area contributed by atoms with Crippen LogP contribution in [0.25, 0.3) is 0 Å². The zero-order chi connectivity index (χ0) is 39.6. The van der Waals surface area contributed by atoms with E-state index >= 15 is 0 Å². The number of nitrogens with two attached hydrogens (primary N) is 1. The Kier molecular flexibility index (Phi) is 40.8. The molecule has 0 aliphatic rings. The minimum Gasteiger partial charge on any atom is -0.391 e. The Labute approximate surface area is 334 Å². The molecule has 0 aromatic heterocycles. The van der Waals surface area contributed by atoms with Crippen LogP contribution in [0, 0.1) is 0 Å². The first-order valence-corrected chi connectivity index (χ1v) is 24.4. The number of carbonyl (C=O) groups is 1. The van der Waals surface area contributed by atoms with Crippen LogP contribution in [0.2, 0.25) is 0 Å². The Morgan fingerprint density at radius 1 is 0.611 bits per heavy atom. The lowest BCUT2D eigenvalue weighted by molar-refractivity contribution is -0.123. The number of hydrogen-bond donors (Lipinski definition) is 4. The molecule has 0 radical (unpaired) electrons. The molecular weight excluding hydrogens is 695 g/mol. The third-order valence-electron chi connectivity index (χ3n) is 10.3. The van der Waals surface area contributed by atoms with Crippen molar-refractivity contribution in [2.45, 2.75) is 238 Å². The van der Waals surface area contributed by atoms with Crippen molar-refractivity contribution < 1.29 is 28.4 Å². The first-order valence-electron chi connectivity index (χ1n) is 23.0. The smallest absolute Gasteiger partial charge is 0.391 e. The van der Waals surface area contributed by atoms with Gasteiger partial charge in [-0.3, -0.25) is 13.8 Å². The van der Waals surface area contributed by atoms with E-state index in [2.05, 4.69) is 43.5 Å². The van der Waals surface area contributed by atoms with E-state index in [1.165, 1.54) is 148 Å². The monoisotopic (exact) mass is 785 g/mol. The van der Waals surface area contributed by atoms with Crippen LogP contribution in [0.4, 0.5) is 0 Å². The van der Waals surface area contributed by atoms with Gasteiger partial charge in [-0.25, -0.2) is 4.57 Å². The number of aliphatic hydroxyl groups excluding tert-OH is 1. The van der Waals surface area contributed by atoms with Crippen LogP contribution in [0.5, 0.6) is 0 Å². The molecule has 0 rings (SSSR count). The van der Waals surface area contributed by atoms with Gasteiger partial charge in [-0.05, 0) is 44.9 Å². The molecule has 0 aliphatic carbocycles. The Morgan fingerprint density at radius 2 is 1.02 bits per heavy atom. The van der Waals surface area contributed by atoms with E-state index in [9.17, 15) is 19.4 Å². The summed E-state index contributed by atoms with van der Waals surface area (Å²) in [5.41, 5.74) is 5.39. The predicted octanol–water partition coefficient (Wildman–Crippen LogP) is 12.9. The van der Waals surface area contributed by atoms with Gasteiger partial charge in [0.05, 0.1) is 25.4 Å². The fourth-order valence-electron chi connectivity index (χ4n) is 6.81. The molecule has 0 aromatic rings. The maximum Gasteiger partial charge on any atom is 0.472 e. The van der Waals surface area contributed by atoms with Gasteiger partial charge in [0.25, 0.3) is 0 Å². The van der Waals surface area contributed by atoms with E-state index in [-0.39, 0.29) is 25.7 Å². The summed E-state index contributed by atoms with van der Waals surface area (Å²) >= 11 is 0. The van der Waals surface area contributed by atoms with E-state index in [0.717, 1.165) is 51.4 Å². The van der Waals surface area contributed by atoms with Crippen molar-refractivity contribution >= 4 is 13.7 Å². The molecule has 0 bridgehead atoms. The third kappa shape index (κ3) is 39.2. The highest BCUT2D eigenvalue weighted by Crippen LogP contribution is 2.43. The molecule has 0 saturated carbocycles. The zero-order valence-corrected chi connectivity index (χ0v) is 36.4. The van der Waals surface area contributed by atoms with Crippen LogP contribution in [0.15, 0.2) is 24.3 Å². The van der Waals surface area contributed by atoms with Crippen LogP contribution >= 0.6 is 7.82 Å². The van der Waals surface area contributed by atoms with E-state index < -0.39 is 20.0 Å². The number of phosphoric acid groups is 1. The van der Waals surface area contributed by atoms with Gasteiger partial charge in [-0.1, -0.05) is 199 Å². The fraction of sp³-hybridized carbons (Fsp3) is 0.889. The Balaban J connectivity index is 4.13. The van der Waals surface area contributed by atoms with E-state index in [4.69, 9.17) is 14.8 Å². The topological polar surface area (TPSA) is 131 Å². The Bertz CT molecular complexity index is 901. The minimum absolute atomic E-state index is 0.0881. The van der Waals surface area contributed by atoms with E-state index in [1.807, 2.05) is 0 Å². The SMILES string of the molecule is CCCCC/C=C\C/C=C\CCCCCCCCCC(=O)NC(COP(=O)(O)OCCN)C(O)CCCCCCCCCCCCCCCCCCCC. The van der Waals surface area contributed by atoms with Crippen molar-refractivity contribution in [1.82, 2.24) is 5.32 Å². The summed E-state index contributed by atoms with van der Waals surface area (Å²) in [6, 6.07) is -0.777. The number of hydrogen-bond acceptors (Lipinski definition) is 6. The van der Waals surface area contributed by atoms with Crippen molar-refractivity contribution in [3.8, 4) is 0 Å². The molecule has 3 atom stereocenters. The van der Waals surface area contributed by atoms with Gasteiger partial charge in [-0.2, -0.15) is 0 Å². The Hall–Kier alpha value is -1.02. The summed E-state index contributed by atoms with van der Waals surface area (Å²) in [6.07, 6.45) is 47.5. The highest BCUT2D eigenvalue weighted by molar-refractivity contribution is 7.47. The maximum absolute atomic E-state index is 12.8. The molecule has 0 aliphatic heterocycles. The molecule has 8 nitrogen and oxygen atoms in total. The van der Waals surface area contributed by atoms with Crippen LogP contribution in [-0.4, -0.2) is 47.8 Å². The maximum atomic E-state index is 12.8. The predicted molar refractivity (Wildman–Crippen MR) is 231 cm³/mol. The summed E-state index contributed by atoms with van der Waals surface area (Å²) in [6.45, 7) is 4.20. The quantitative estimate of drug-likeness (QED) is 0.0275. The molecule has 0 fully saturated rings. The molecule has 1 amide bonds. The number of rotatable bonds is 43. The largest absolute Gasteiger partial charge is 0.472 e. The van der Waals surface area contributed by atoms with E-state index in [0.29, 0.717) is 12.8 Å². The second kappa shape index (κ2) is 41.6. The number of aliphatic hydroxyl groups is 1. The van der Waals surface area contributed by atoms with E-state index in [1.54, 1.807) is 0 Å². The number of allylic oxidation sites excluding steroid dienone is 4. The van der Waals surface area contributed by atoms with Gasteiger partial charge >= 0.3 is 7.82 Å². The third-order valence-corrected chi connectivity index (χ3v) is 11.3. The standard InChI is InChI=1S/C45H89N2O6P/c1-3-5-7-9-11-13-15-17-19-21-23-24-26-28-30-32-34-36-38-44(48)43(42-53-54(50,51)52-41-40-46)47-45(49)39-37-35-33-31-29-27-25-22-20-18-16-14-12-10-8-6-4-2/h12,14,18,20,43-44,48H,3-11,13,15-17,19,21-42,46H2,1-2H3,(H,47,49)(H,50,51)/b14-12-,20-18-. The first kappa shape index (κ1) is 53.0. The average Bonchev–Trinajstić information content (AvgIpc) is 3.16. The molecule has 0 heterocycles. The summed E-state index contributed by atoms with van der Waals surface area (Å²) in [5, 5.41) is 13.8. The highest BCUT2D eigenvalue weighted by atomic mass is 31.2. The Morgan fingerprint density at radius 3 is 1.50 bits per heavy atom. The fourth-order valence-corrected chi connectivity index (χ4v) is 7.57. The molecule has 0 spiro atoms. The number of carbonyl (C=O) groups excluding carboxylic acids is 1. The van der Waals surface area contributed by atoms with Gasteiger partial charge in [0.2, 0.25) is 5.91 Å². The summed E-state index contributed by atoms with van der Waals surface area (Å²) in [5.74, 6) is -0.168. The molecule has 5 N–H and O–H groups in total. The number of nitrogens with one attached hydrogen (secondary N) is 1. The van der Waals surface area contributed by atoms with Gasteiger partial charge in [0.1, 0.15) is 0 Å². The first-order chi connectivity index (χ1) is 26.4. The second-order valence-corrected chi connectivity index (χ2v) is 17.1. The number of phosphoric ester groups is 1. The van der Waals surface area contributed by atoms with Gasteiger partial charge < -0.3 is 21.1 Å². The van der Waals surface area contributed by atoms with Crippen molar-refractivity contribution in [2.75, 3.05) is 19.8 Å². The lowest BCUT2D eigenvalue weighted by Crippen LogP contribution is -2.46. The molecule has 3 unspecified atom stereocenters. The summed E-state index contributed by atoms with van der Waals surface area (Å²) in [4.78, 5) is 22.8. The average molecular weight is 785 g/mol. The number of unbranched alkanes of at least 4 members (excludes halogenated alkanes) is 27. The molecular formula is C45H89N2O6P. The van der Waals surface area contributed by atoms with Crippen molar-refractivity contribution in [3.63, 3.8) is 0 Å². The van der Waals surface area contributed by atoms with Crippen LogP contribution in [0.1, 0.15) is 226 Å². The zero-order valence-electron chi connectivity index (χ0n) is 35.5.